The van der Waals surface area contributed by atoms with E-state index in [-0.39, 0.29) is 24.9 Å². The number of amides is 1. The van der Waals surface area contributed by atoms with E-state index in [1.165, 1.54) is 0 Å². The molecule has 2 fully saturated rings. The molecule has 1 aromatic carbocycles. The highest BCUT2D eigenvalue weighted by Gasteiger charge is 2.40. The fourth-order valence-electron chi connectivity index (χ4n) is 5.05. The van der Waals surface area contributed by atoms with E-state index in [1.54, 1.807) is 17.3 Å². The average molecular weight is 522 g/mol. The van der Waals surface area contributed by atoms with Gasteiger partial charge in [0.1, 0.15) is 5.82 Å². The molecule has 192 valence electrons. The van der Waals surface area contributed by atoms with Gasteiger partial charge in [0, 0.05) is 37.8 Å². The van der Waals surface area contributed by atoms with Gasteiger partial charge in [-0.05, 0) is 43.9 Å². The highest BCUT2D eigenvalue weighted by Crippen LogP contribution is 2.34. The van der Waals surface area contributed by atoms with Crippen LogP contribution in [-0.2, 0) is 25.6 Å². The van der Waals surface area contributed by atoms with Crippen LogP contribution in [-0.4, -0.2) is 60.8 Å². The number of pyridine rings is 1. The molecule has 2 saturated heterocycles. The fourth-order valence-corrected chi connectivity index (χ4v) is 6.62. The van der Waals surface area contributed by atoms with Crippen LogP contribution < -0.4 is 0 Å². The van der Waals surface area contributed by atoms with E-state index in [4.69, 9.17) is 0 Å². The van der Waals surface area contributed by atoms with Gasteiger partial charge in [-0.3, -0.25) is 9.78 Å². The number of aromatic nitrogens is 3. The summed E-state index contributed by atoms with van der Waals surface area (Å²) in [7, 11) is -4.15. The van der Waals surface area contributed by atoms with E-state index in [2.05, 4.69) is 15.0 Å². The molecule has 0 aliphatic carbocycles. The van der Waals surface area contributed by atoms with Gasteiger partial charge < -0.3 is 14.4 Å². The average Bonchev–Trinajstić information content (AvgIpc) is 3.32. The lowest BCUT2D eigenvalue weighted by atomic mass is 9.93. The number of aromatic amines is 1. The smallest absolute Gasteiger partial charge is 0.416 e. The molecule has 0 saturated carbocycles. The maximum Gasteiger partial charge on any atom is 0.416 e. The lowest BCUT2D eigenvalue weighted by Gasteiger charge is -2.38. The zero-order valence-corrected chi connectivity index (χ0v) is 20.2. The molecule has 1 N–H and O–H groups in total. The van der Waals surface area contributed by atoms with Crippen molar-refractivity contribution in [2.75, 3.05) is 26.2 Å². The van der Waals surface area contributed by atoms with Crippen molar-refractivity contribution in [2.24, 2.45) is 5.92 Å². The summed E-state index contributed by atoms with van der Waals surface area (Å²) in [4.78, 5) is 26.7. The van der Waals surface area contributed by atoms with Crippen molar-refractivity contribution in [3.8, 4) is 0 Å². The number of nitrogens with one attached hydrogen (secondary N) is 1. The van der Waals surface area contributed by atoms with E-state index >= 15 is 0 Å². The van der Waals surface area contributed by atoms with Gasteiger partial charge in [0.25, 0.3) is 0 Å². The molecule has 1 amide bonds. The number of imidazole rings is 1. The second kappa shape index (κ2) is 9.56. The number of hydrogen-bond donors (Lipinski definition) is 1. The predicted molar refractivity (Wildman–Crippen MR) is 125 cm³/mol. The molecule has 12 heteroatoms. The molecule has 36 heavy (non-hydrogen) atoms. The predicted octanol–water partition coefficient (Wildman–Crippen LogP) is 4.00. The summed E-state index contributed by atoms with van der Waals surface area (Å²) >= 11 is 0. The molecule has 0 spiro atoms. The number of carbonyl (C=O) groups excluding carboxylic acids is 1. The van der Waals surface area contributed by atoms with Crippen molar-refractivity contribution in [3.05, 3.63) is 54.1 Å². The Morgan fingerprint density at radius 2 is 1.92 bits per heavy atom. The van der Waals surface area contributed by atoms with Crippen molar-refractivity contribution in [2.45, 2.75) is 42.7 Å². The minimum atomic E-state index is -4.64. The molecule has 8 nitrogen and oxygen atoms in total. The summed E-state index contributed by atoms with van der Waals surface area (Å²) in [5.41, 5.74) is 0.704. The topological polar surface area (TPSA) is 105 Å². The van der Waals surface area contributed by atoms with Crippen LogP contribution in [0.5, 0.6) is 0 Å². The molecular weight excluding hydrogens is 495 g/mol. The van der Waals surface area contributed by atoms with E-state index in [9.17, 15) is 26.7 Å². The molecule has 4 heterocycles. The quantitative estimate of drug-likeness (QED) is 0.523. The molecule has 0 radical (unpaired) electrons. The van der Waals surface area contributed by atoms with Crippen molar-refractivity contribution >= 4 is 27.3 Å². The summed E-state index contributed by atoms with van der Waals surface area (Å²) in [6.45, 7) is 1.21. The zero-order chi connectivity index (χ0) is 25.5. The number of likely N-dealkylation sites (tertiary alicyclic amines) is 1. The van der Waals surface area contributed by atoms with E-state index < -0.39 is 33.0 Å². The van der Waals surface area contributed by atoms with E-state index in [1.807, 2.05) is 6.07 Å². The lowest BCUT2D eigenvalue weighted by molar-refractivity contribution is -0.138. The maximum absolute atomic E-state index is 13.3. The molecular formula is C24H26F3N5O3S. The number of halogens is 3. The van der Waals surface area contributed by atoms with Crippen LogP contribution in [0.4, 0.5) is 13.2 Å². The molecule has 2 atom stereocenters. The number of sulfonamides is 1. The monoisotopic (exact) mass is 521 g/mol. The summed E-state index contributed by atoms with van der Waals surface area (Å²) in [6, 6.07) is 5.59. The lowest BCUT2D eigenvalue weighted by Crippen LogP contribution is -2.49. The summed E-state index contributed by atoms with van der Waals surface area (Å²) in [5.74, 6) is 0.436. The van der Waals surface area contributed by atoms with Crippen LogP contribution in [0.2, 0.25) is 0 Å². The zero-order valence-electron chi connectivity index (χ0n) is 19.4. The van der Waals surface area contributed by atoms with Crippen molar-refractivity contribution in [3.63, 3.8) is 0 Å². The number of rotatable bonds is 4. The van der Waals surface area contributed by atoms with Crippen molar-refractivity contribution in [1.29, 1.82) is 0 Å². The number of alkyl halides is 3. The Hall–Kier alpha value is -2.83. The van der Waals surface area contributed by atoms with Gasteiger partial charge in [0.05, 0.1) is 35.3 Å². The Morgan fingerprint density at radius 3 is 2.64 bits per heavy atom. The molecule has 3 aromatic rings. The van der Waals surface area contributed by atoms with Crippen molar-refractivity contribution < 1.29 is 26.7 Å². The summed E-state index contributed by atoms with van der Waals surface area (Å²) in [5, 5.41) is 0. The van der Waals surface area contributed by atoms with Crippen LogP contribution in [0.3, 0.4) is 0 Å². The van der Waals surface area contributed by atoms with Crippen LogP contribution in [0.1, 0.15) is 43.0 Å². The third-order valence-electron chi connectivity index (χ3n) is 7.03. The Morgan fingerprint density at radius 1 is 1.14 bits per heavy atom. The van der Waals surface area contributed by atoms with Gasteiger partial charge in [-0.1, -0.05) is 10.3 Å². The van der Waals surface area contributed by atoms with Gasteiger partial charge in [0.2, 0.25) is 5.91 Å². The van der Waals surface area contributed by atoms with Gasteiger partial charge in [-0.15, -0.1) is 4.31 Å². The minimum Gasteiger partial charge on any atom is -0.593 e. The number of fused-ring (bicyclic) bond motifs is 1. The fraction of sp³-hybridized carbons (Fsp3) is 0.458. The van der Waals surface area contributed by atoms with Gasteiger partial charge >= 0.3 is 6.18 Å². The van der Waals surface area contributed by atoms with Gasteiger partial charge in [-0.25, -0.2) is 4.98 Å². The summed E-state index contributed by atoms with van der Waals surface area (Å²) in [6.07, 6.45) is 1.26. The first-order chi connectivity index (χ1) is 17.1. The Kier molecular flexibility index (Phi) is 6.60. The SMILES string of the molecule is O=C(C1CCCN([S+](=O)([O-])c2cccc(C(F)(F)F)c2)C1)N1CCC(c2nc3ccncc3[nH]2)CC1. The van der Waals surface area contributed by atoms with E-state index in [0.29, 0.717) is 32.0 Å². The van der Waals surface area contributed by atoms with Crippen LogP contribution >= 0.6 is 0 Å². The first-order valence-electron chi connectivity index (χ1n) is 11.9. The molecule has 0 bridgehead atoms. The summed E-state index contributed by atoms with van der Waals surface area (Å²) < 4.78 is 66.6. The number of piperidine rings is 2. The van der Waals surface area contributed by atoms with Crippen molar-refractivity contribution in [1.82, 2.24) is 24.2 Å². The normalized spacial score (nSPS) is 22.0. The third-order valence-corrected chi connectivity index (χ3v) is 8.89. The highest BCUT2D eigenvalue weighted by molar-refractivity contribution is 7.95. The molecule has 2 aliphatic heterocycles. The first-order valence-corrected chi connectivity index (χ1v) is 13.3. The van der Waals surface area contributed by atoms with Crippen LogP contribution in [0, 0.1) is 5.92 Å². The Labute approximate surface area is 207 Å². The Balaban J connectivity index is 1.23. The van der Waals surface area contributed by atoms with E-state index in [0.717, 1.165) is 52.2 Å². The Bertz CT molecular complexity index is 1270. The minimum absolute atomic E-state index is 0.0338. The standard InChI is InChI=1S/C24H26F3N5O3S/c25-24(26,27)18-4-1-5-19(13-18)36(34,35)32-10-2-3-17(15-32)23(33)31-11-7-16(8-12-31)22-29-20-6-9-28-14-21(20)30-22/h1,4-6,9,13-14,16-17H,2-3,7-8,10-12,15H2,(H-,28,29,30,34,35). The molecule has 2 aliphatic rings. The first kappa shape index (κ1) is 24.8. The van der Waals surface area contributed by atoms with Crippen LogP contribution in [0.15, 0.2) is 47.6 Å². The van der Waals surface area contributed by atoms with Gasteiger partial charge in [-0.2, -0.15) is 13.2 Å². The number of hydrogen-bond acceptors (Lipinski definition) is 5. The maximum atomic E-state index is 13.3. The second-order valence-electron chi connectivity index (χ2n) is 9.34. The molecule has 2 unspecified atom stereocenters. The number of carbonyl (C=O) groups is 1. The number of H-pyrrole nitrogens is 1. The molecule has 2 aromatic heterocycles. The van der Waals surface area contributed by atoms with Crippen LogP contribution in [0.25, 0.3) is 11.0 Å². The highest BCUT2D eigenvalue weighted by atomic mass is 32.3. The number of nitrogens with zero attached hydrogens (tertiary/aromatic N) is 4. The third kappa shape index (κ3) is 4.89. The number of benzene rings is 1. The van der Waals surface area contributed by atoms with Gasteiger partial charge in [0.15, 0.2) is 15.3 Å². The largest absolute Gasteiger partial charge is 0.593 e. The second-order valence-corrected chi connectivity index (χ2v) is 11.3. The molecule has 5 rings (SSSR count).